The smallest absolute Gasteiger partial charge is 0.548 e. The van der Waals surface area contributed by atoms with E-state index in [9.17, 15) is 14.7 Å². The summed E-state index contributed by atoms with van der Waals surface area (Å²) < 4.78 is 4.26. The van der Waals surface area contributed by atoms with Crippen molar-refractivity contribution in [3.63, 3.8) is 0 Å². The van der Waals surface area contributed by atoms with Gasteiger partial charge in [0.25, 0.3) is 0 Å². The van der Waals surface area contributed by atoms with E-state index in [1.165, 1.54) is 0 Å². The van der Waals surface area contributed by atoms with Gasteiger partial charge in [-0.1, -0.05) is 0 Å². The second-order valence-corrected chi connectivity index (χ2v) is 1.61. The number of carbonyl (C=O) groups is 2. The summed E-state index contributed by atoms with van der Waals surface area (Å²) in [5.41, 5.74) is 0. The molecule has 1 unspecified atom stereocenters. The third-order valence-corrected chi connectivity index (χ3v) is 0.958. The molecule has 0 aromatic heterocycles. The predicted octanol–water partition coefficient (Wildman–Crippen LogP) is -5.15. The number of ether oxygens (including phenoxy) is 1. The third kappa shape index (κ3) is 1.94. The number of carbonyl (C=O) groups excluding carboxylic acids is 2. The number of aliphatic carboxylic acids is 1. The molecule has 0 spiro atoms. The van der Waals surface area contributed by atoms with Gasteiger partial charge in [-0.05, 0) is 0 Å². The number of amides is 1. The molecule has 0 aromatic carbocycles. The zero-order valence-electron chi connectivity index (χ0n) is 5.42. The van der Waals surface area contributed by atoms with Crippen molar-refractivity contribution in [2.45, 2.75) is 6.04 Å². The molecule has 0 radical (unpaired) electrons. The fourth-order valence-electron chi connectivity index (χ4n) is 0.512. The van der Waals surface area contributed by atoms with Crippen molar-refractivity contribution in [2.75, 3.05) is 6.61 Å². The first-order valence-corrected chi connectivity index (χ1v) is 2.34. The average molecular weight is 137 g/mol. The van der Waals surface area contributed by atoms with Crippen molar-refractivity contribution >= 4 is 12.1 Å². The molecule has 1 aliphatic rings. The number of carboxylic acids is 1. The fraction of sp³-hybridized carbons (Fsp3) is 0.500. The maximum atomic E-state index is 10.1. The Bertz CT molecular complexity index is 159. The average Bonchev–Trinajstić information content (AvgIpc) is 2.14. The monoisotopic (exact) mass is 137 g/mol. The Kier molecular flexibility index (Phi) is 3.26. The summed E-state index contributed by atoms with van der Waals surface area (Å²) in [4.78, 5) is 20.1. The van der Waals surface area contributed by atoms with Crippen LogP contribution < -0.4 is 29.3 Å². The van der Waals surface area contributed by atoms with Gasteiger partial charge in [0, 0.05) is 0 Å². The first-order chi connectivity index (χ1) is 4.20. The SMILES string of the molecule is O=C1NC(C(=O)[O-])CO1.[Li+]. The van der Waals surface area contributed by atoms with Crippen LogP contribution in [-0.2, 0) is 9.53 Å². The fourth-order valence-corrected chi connectivity index (χ4v) is 0.512. The Morgan fingerprint density at radius 1 is 1.80 bits per heavy atom. The summed E-state index contributed by atoms with van der Waals surface area (Å²) in [6.45, 7) is -0.138. The molecule has 1 saturated heterocycles. The van der Waals surface area contributed by atoms with E-state index < -0.39 is 18.1 Å². The van der Waals surface area contributed by atoms with Crippen LogP contribution in [0.25, 0.3) is 0 Å². The van der Waals surface area contributed by atoms with Gasteiger partial charge in [0.15, 0.2) is 0 Å². The summed E-state index contributed by atoms with van der Waals surface area (Å²) in [5, 5.41) is 12.0. The summed E-state index contributed by atoms with van der Waals surface area (Å²) >= 11 is 0. The third-order valence-electron chi connectivity index (χ3n) is 0.958. The van der Waals surface area contributed by atoms with Crippen molar-refractivity contribution in [2.24, 2.45) is 0 Å². The number of carboxylic acid groups (broad SMARTS) is 1. The molecule has 1 amide bonds. The Hall–Kier alpha value is -0.663. The van der Waals surface area contributed by atoms with Gasteiger partial charge in [-0.2, -0.15) is 0 Å². The van der Waals surface area contributed by atoms with Crippen molar-refractivity contribution in [1.29, 1.82) is 0 Å². The van der Waals surface area contributed by atoms with Gasteiger partial charge in [-0.3, -0.25) is 0 Å². The number of hydrogen-bond donors (Lipinski definition) is 1. The van der Waals surface area contributed by atoms with Crippen LogP contribution in [0.2, 0.25) is 0 Å². The molecule has 1 heterocycles. The number of nitrogens with one attached hydrogen (secondary N) is 1. The predicted molar refractivity (Wildman–Crippen MR) is 23.3 cm³/mol. The van der Waals surface area contributed by atoms with Gasteiger partial charge in [-0.15, -0.1) is 0 Å². The van der Waals surface area contributed by atoms with Crippen LogP contribution >= 0.6 is 0 Å². The van der Waals surface area contributed by atoms with Crippen LogP contribution in [0.1, 0.15) is 0 Å². The number of hydrogen-bond acceptors (Lipinski definition) is 4. The van der Waals surface area contributed by atoms with Gasteiger partial charge in [0.05, 0.1) is 5.97 Å². The molecule has 1 rings (SSSR count). The van der Waals surface area contributed by atoms with Gasteiger partial charge in [0.1, 0.15) is 12.6 Å². The molecule has 1 N–H and O–H groups in total. The molecular formula is C4H4LiNO4. The molecule has 1 atom stereocenters. The van der Waals surface area contributed by atoms with Gasteiger partial charge in [0.2, 0.25) is 0 Å². The first kappa shape index (κ1) is 9.34. The zero-order valence-corrected chi connectivity index (χ0v) is 5.42. The molecular weight excluding hydrogens is 133 g/mol. The van der Waals surface area contributed by atoms with E-state index in [1.807, 2.05) is 5.32 Å². The van der Waals surface area contributed by atoms with E-state index in [2.05, 4.69) is 4.74 Å². The molecule has 5 nitrogen and oxygen atoms in total. The number of rotatable bonds is 1. The Morgan fingerprint density at radius 2 is 2.40 bits per heavy atom. The molecule has 0 saturated carbocycles. The number of alkyl carbamates (subject to hydrolysis) is 1. The van der Waals surface area contributed by atoms with Gasteiger partial charge >= 0.3 is 25.0 Å². The minimum Gasteiger partial charge on any atom is -0.548 e. The molecule has 50 valence electrons. The van der Waals surface area contributed by atoms with E-state index >= 15 is 0 Å². The van der Waals surface area contributed by atoms with Crippen LogP contribution in [-0.4, -0.2) is 24.7 Å². The maximum Gasteiger partial charge on any atom is 1.00 e. The van der Waals surface area contributed by atoms with E-state index in [1.54, 1.807) is 0 Å². The van der Waals surface area contributed by atoms with Crippen molar-refractivity contribution in [1.82, 2.24) is 5.32 Å². The van der Waals surface area contributed by atoms with E-state index in [4.69, 9.17) is 0 Å². The van der Waals surface area contributed by atoms with Gasteiger partial charge < -0.3 is 20.0 Å². The van der Waals surface area contributed by atoms with Crippen molar-refractivity contribution in [3.8, 4) is 0 Å². The standard InChI is InChI=1S/C4H5NO4.Li/c6-3(7)2-1-9-4(8)5-2;/h2H,1H2,(H,5,8)(H,6,7);/q;+1/p-1. The maximum absolute atomic E-state index is 10.1. The second-order valence-electron chi connectivity index (χ2n) is 1.61. The number of cyclic esters (lactones) is 1. The minimum absolute atomic E-state index is 0. The molecule has 1 fully saturated rings. The molecule has 1 aliphatic heterocycles. The molecule has 10 heavy (non-hydrogen) atoms. The summed E-state index contributed by atoms with van der Waals surface area (Å²) in [6, 6.07) is -0.975. The van der Waals surface area contributed by atoms with Crippen LogP contribution in [0.4, 0.5) is 4.79 Å². The molecule has 0 bridgehead atoms. The largest absolute Gasteiger partial charge is 1.00 e. The van der Waals surface area contributed by atoms with Crippen LogP contribution in [0, 0.1) is 0 Å². The Balaban J connectivity index is 0.000000810. The summed E-state index contributed by atoms with van der Waals surface area (Å²) in [6.07, 6.45) is -0.704. The van der Waals surface area contributed by atoms with Crippen LogP contribution in [0.15, 0.2) is 0 Å². The van der Waals surface area contributed by atoms with Crippen molar-refractivity contribution in [3.05, 3.63) is 0 Å². The van der Waals surface area contributed by atoms with Gasteiger partial charge in [-0.25, -0.2) is 4.79 Å². The van der Waals surface area contributed by atoms with Crippen molar-refractivity contribution < 1.29 is 38.3 Å². The van der Waals surface area contributed by atoms with Crippen LogP contribution in [0.5, 0.6) is 0 Å². The Labute approximate surface area is 68.9 Å². The quantitative estimate of drug-likeness (QED) is 0.366. The zero-order chi connectivity index (χ0) is 6.85. The molecule has 0 aliphatic carbocycles. The minimum atomic E-state index is -1.32. The summed E-state index contributed by atoms with van der Waals surface area (Å²) in [7, 11) is 0. The molecule has 6 heteroatoms. The second kappa shape index (κ2) is 3.49. The van der Waals surface area contributed by atoms with E-state index in [0.29, 0.717) is 0 Å². The summed E-state index contributed by atoms with van der Waals surface area (Å²) in [5.74, 6) is -1.32. The first-order valence-electron chi connectivity index (χ1n) is 2.34. The molecule has 0 aromatic rings. The van der Waals surface area contributed by atoms with E-state index in [-0.39, 0.29) is 25.5 Å². The Morgan fingerprint density at radius 3 is 2.60 bits per heavy atom. The topological polar surface area (TPSA) is 78.5 Å². The van der Waals surface area contributed by atoms with E-state index in [0.717, 1.165) is 0 Å². The van der Waals surface area contributed by atoms with Crippen LogP contribution in [0.3, 0.4) is 0 Å². The normalized spacial score (nSPS) is 22.4.